The third-order valence-corrected chi connectivity index (χ3v) is 4.45. The molecule has 0 aliphatic heterocycles. The van der Waals surface area contributed by atoms with E-state index in [1.165, 1.54) is 0 Å². The Bertz CT molecular complexity index is 698. The Balaban J connectivity index is 1.96. The highest BCUT2D eigenvalue weighted by Crippen LogP contribution is 2.33. The van der Waals surface area contributed by atoms with Crippen molar-refractivity contribution >= 4 is 16.9 Å². The lowest BCUT2D eigenvalue weighted by molar-refractivity contribution is 0.0906. The fourth-order valence-electron chi connectivity index (χ4n) is 2.99. The van der Waals surface area contributed by atoms with Crippen molar-refractivity contribution < 1.29 is 9.21 Å². The molecule has 21 heavy (non-hydrogen) atoms. The molecule has 1 unspecified atom stereocenters. The molecule has 1 aromatic carbocycles. The molecular weight excluding hydrogens is 264 g/mol. The van der Waals surface area contributed by atoms with Crippen molar-refractivity contribution in [3.05, 3.63) is 34.6 Å². The number of furan rings is 1. The van der Waals surface area contributed by atoms with Crippen LogP contribution in [0.4, 0.5) is 0 Å². The molecule has 1 heterocycles. The fourth-order valence-corrected chi connectivity index (χ4v) is 2.99. The number of rotatable bonds is 4. The van der Waals surface area contributed by atoms with Gasteiger partial charge in [0.25, 0.3) is 5.91 Å². The maximum atomic E-state index is 12.5. The van der Waals surface area contributed by atoms with Crippen LogP contribution in [0, 0.1) is 26.7 Å². The number of nitrogens with two attached hydrogens (primary N) is 1. The van der Waals surface area contributed by atoms with E-state index in [1.54, 1.807) is 0 Å². The summed E-state index contributed by atoms with van der Waals surface area (Å²) < 4.78 is 5.86. The van der Waals surface area contributed by atoms with E-state index >= 15 is 0 Å². The second kappa shape index (κ2) is 5.19. The number of amides is 1. The molecular formula is C17H22N2O2. The molecule has 112 valence electrons. The SMILES string of the molecule is Cc1ccc(C)c2c(C)c(C(=O)NC(CN)C3CC3)oc12. The molecule has 1 saturated carbocycles. The van der Waals surface area contributed by atoms with Crippen LogP contribution in [0.3, 0.4) is 0 Å². The van der Waals surface area contributed by atoms with Crippen LogP contribution in [0.5, 0.6) is 0 Å². The highest BCUT2D eigenvalue weighted by Gasteiger charge is 2.32. The van der Waals surface area contributed by atoms with Crippen molar-refractivity contribution in [2.24, 2.45) is 11.7 Å². The van der Waals surface area contributed by atoms with Gasteiger partial charge in [0.2, 0.25) is 0 Å². The van der Waals surface area contributed by atoms with Gasteiger partial charge in [0.1, 0.15) is 5.58 Å². The number of nitrogens with one attached hydrogen (secondary N) is 1. The third kappa shape index (κ3) is 2.44. The average Bonchev–Trinajstić information content (AvgIpc) is 3.23. The molecule has 1 atom stereocenters. The Morgan fingerprint density at radius 1 is 1.33 bits per heavy atom. The summed E-state index contributed by atoms with van der Waals surface area (Å²) in [4.78, 5) is 12.5. The minimum Gasteiger partial charge on any atom is -0.450 e. The number of fused-ring (bicyclic) bond motifs is 1. The Morgan fingerprint density at radius 2 is 2.00 bits per heavy atom. The molecule has 3 rings (SSSR count). The Morgan fingerprint density at radius 3 is 2.57 bits per heavy atom. The lowest BCUT2D eigenvalue weighted by Gasteiger charge is -2.15. The number of carbonyl (C=O) groups is 1. The molecule has 1 aliphatic carbocycles. The highest BCUT2D eigenvalue weighted by molar-refractivity contribution is 6.00. The molecule has 3 N–H and O–H groups in total. The summed E-state index contributed by atoms with van der Waals surface area (Å²) >= 11 is 0. The van der Waals surface area contributed by atoms with Crippen molar-refractivity contribution in [2.75, 3.05) is 6.54 Å². The van der Waals surface area contributed by atoms with Gasteiger partial charge in [-0.15, -0.1) is 0 Å². The molecule has 0 saturated heterocycles. The van der Waals surface area contributed by atoms with Gasteiger partial charge in [-0.1, -0.05) is 12.1 Å². The summed E-state index contributed by atoms with van der Waals surface area (Å²) in [6.07, 6.45) is 2.30. The van der Waals surface area contributed by atoms with Crippen molar-refractivity contribution in [2.45, 2.75) is 39.7 Å². The van der Waals surface area contributed by atoms with Crippen LogP contribution in [0.2, 0.25) is 0 Å². The Kier molecular flexibility index (Phi) is 3.49. The predicted molar refractivity (Wildman–Crippen MR) is 83.5 cm³/mol. The molecule has 0 bridgehead atoms. The zero-order valence-corrected chi connectivity index (χ0v) is 12.8. The molecule has 1 fully saturated rings. The lowest BCUT2D eigenvalue weighted by atomic mass is 10.0. The quantitative estimate of drug-likeness (QED) is 0.908. The van der Waals surface area contributed by atoms with Gasteiger partial charge in [0, 0.05) is 23.5 Å². The first-order valence-electron chi connectivity index (χ1n) is 7.53. The molecule has 1 aliphatic rings. The summed E-state index contributed by atoms with van der Waals surface area (Å²) in [5.74, 6) is 0.804. The van der Waals surface area contributed by atoms with Gasteiger partial charge in [-0.05, 0) is 50.7 Å². The van der Waals surface area contributed by atoms with Gasteiger partial charge < -0.3 is 15.5 Å². The van der Waals surface area contributed by atoms with Crippen molar-refractivity contribution in [1.29, 1.82) is 0 Å². The molecule has 1 amide bonds. The average molecular weight is 286 g/mol. The predicted octanol–water partition coefficient (Wildman–Crippen LogP) is 2.83. The van der Waals surface area contributed by atoms with Crippen molar-refractivity contribution in [3.63, 3.8) is 0 Å². The van der Waals surface area contributed by atoms with Gasteiger partial charge in [-0.2, -0.15) is 0 Å². The second-order valence-electron chi connectivity index (χ2n) is 6.11. The maximum absolute atomic E-state index is 12.5. The van der Waals surface area contributed by atoms with Gasteiger partial charge in [-0.3, -0.25) is 4.79 Å². The summed E-state index contributed by atoms with van der Waals surface area (Å²) in [5.41, 5.74) is 9.67. The van der Waals surface area contributed by atoms with Crippen LogP contribution in [0.15, 0.2) is 16.5 Å². The lowest BCUT2D eigenvalue weighted by Crippen LogP contribution is -2.41. The number of benzene rings is 1. The largest absolute Gasteiger partial charge is 0.450 e. The van der Waals surface area contributed by atoms with Gasteiger partial charge >= 0.3 is 0 Å². The van der Waals surface area contributed by atoms with Gasteiger partial charge in [0.15, 0.2) is 5.76 Å². The van der Waals surface area contributed by atoms with E-state index in [4.69, 9.17) is 10.2 Å². The first kappa shape index (κ1) is 14.1. The van der Waals surface area contributed by atoms with E-state index in [0.29, 0.717) is 18.2 Å². The third-order valence-electron chi connectivity index (χ3n) is 4.45. The van der Waals surface area contributed by atoms with E-state index < -0.39 is 0 Å². The second-order valence-corrected chi connectivity index (χ2v) is 6.11. The zero-order valence-electron chi connectivity index (χ0n) is 12.8. The summed E-state index contributed by atoms with van der Waals surface area (Å²) in [7, 11) is 0. The molecule has 1 aromatic heterocycles. The standard InChI is InChI=1S/C17H22N2O2/c1-9-4-5-10(2)15-14(9)11(3)16(21-15)17(20)19-13(8-18)12-6-7-12/h4-5,12-13H,6-8,18H2,1-3H3,(H,19,20). The topological polar surface area (TPSA) is 68.3 Å². The molecule has 0 radical (unpaired) electrons. The van der Waals surface area contributed by atoms with Crippen LogP contribution in [0.25, 0.3) is 11.0 Å². The Labute approximate surface area is 124 Å². The number of hydrogen-bond acceptors (Lipinski definition) is 3. The molecule has 2 aromatic rings. The van der Waals surface area contributed by atoms with Crippen LogP contribution in [-0.4, -0.2) is 18.5 Å². The van der Waals surface area contributed by atoms with Gasteiger partial charge in [-0.25, -0.2) is 0 Å². The van der Waals surface area contributed by atoms with E-state index in [1.807, 2.05) is 26.8 Å². The first-order valence-corrected chi connectivity index (χ1v) is 7.53. The summed E-state index contributed by atoms with van der Waals surface area (Å²) in [5, 5.41) is 4.08. The smallest absolute Gasteiger partial charge is 0.287 e. The number of carbonyl (C=O) groups excluding carboxylic acids is 1. The van der Waals surface area contributed by atoms with Crippen LogP contribution in [0.1, 0.15) is 40.1 Å². The first-order chi connectivity index (χ1) is 10.0. The Hall–Kier alpha value is -1.81. The monoisotopic (exact) mass is 286 g/mol. The van der Waals surface area contributed by atoms with E-state index in [9.17, 15) is 4.79 Å². The van der Waals surface area contributed by atoms with Crippen molar-refractivity contribution in [1.82, 2.24) is 5.32 Å². The number of aryl methyl sites for hydroxylation is 3. The minimum absolute atomic E-state index is 0.0623. The van der Waals surface area contributed by atoms with E-state index in [0.717, 1.165) is 40.5 Å². The maximum Gasteiger partial charge on any atom is 0.287 e. The van der Waals surface area contributed by atoms with Crippen molar-refractivity contribution in [3.8, 4) is 0 Å². The molecule has 4 nitrogen and oxygen atoms in total. The normalized spacial score (nSPS) is 16.2. The van der Waals surface area contributed by atoms with Crippen LogP contribution >= 0.6 is 0 Å². The van der Waals surface area contributed by atoms with Crippen LogP contribution < -0.4 is 11.1 Å². The zero-order chi connectivity index (χ0) is 15.1. The van der Waals surface area contributed by atoms with E-state index in [2.05, 4.69) is 11.4 Å². The number of hydrogen-bond donors (Lipinski definition) is 2. The molecule has 4 heteroatoms. The summed E-state index contributed by atoms with van der Waals surface area (Å²) in [6.45, 7) is 6.47. The minimum atomic E-state index is -0.148. The fraction of sp³-hybridized carbons (Fsp3) is 0.471. The van der Waals surface area contributed by atoms with Crippen LogP contribution in [-0.2, 0) is 0 Å². The summed E-state index contributed by atoms with van der Waals surface area (Å²) in [6, 6.07) is 4.15. The van der Waals surface area contributed by atoms with E-state index in [-0.39, 0.29) is 11.9 Å². The van der Waals surface area contributed by atoms with Gasteiger partial charge in [0.05, 0.1) is 0 Å². The molecule has 0 spiro atoms. The highest BCUT2D eigenvalue weighted by atomic mass is 16.3.